The van der Waals surface area contributed by atoms with Crippen LogP contribution >= 0.6 is 34.0 Å². The van der Waals surface area contributed by atoms with Gasteiger partial charge in [0.15, 0.2) is 0 Å². The fourth-order valence-corrected chi connectivity index (χ4v) is 26.9. The number of rotatable bonds is 9. The zero-order valence-corrected chi connectivity index (χ0v) is 78.0. The van der Waals surface area contributed by atoms with E-state index in [9.17, 15) is 15.8 Å². The van der Waals surface area contributed by atoms with Crippen LogP contribution in [0.3, 0.4) is 0 Å². The van der Waals surface area contributed by atoms with Crippen molar-refractivity contribution in [3.05, 3.63) is 472 Å². The zero-order chi connectivity index (χ0) is 93.2. The average Bonchev–Trinajstić information content (AvgIpc) is 1.56. The molecule has 0 aliphatic heterocycles. The smallest absolute Gasteiger partial charge is 0.0998 e. The van der Waals surface area contributed by atoms with Crippen LogP contribution < -0.4 is 0 Å². The molecule has 0 saturated carbocycles. The van der Waals surface area contributed by atoms with E-state index in [0.29, 0.717) is 16.7 Å². The van der Waals surface area contributed by atoms with Crippen LogP contribution in [0.1, 0.15) is 16.7 Å². The monoisotopic (exact) mass is 1850 g/mol. The minimum absolute atomic E-state index is 0.643. The molecule has 0 aliphatic rings. The molecule has 0 unspecified atom stereocenters. The van der Waals surface area contributed by atoms with Gasteiger partial charge in [-0.2, -0.15) is 15.8 Å². The van der Waals surface area contributed by atoms with Gasteiger partial charge in [-0.3, -0.25) is 0 Å². The Balaban J connectivity index is 0.000000104. The molecule has 12 heteroatoms. The van der Waals surface area contributed by atoms with Crippen molar-refractivity contribution in [1.82, 2.24) is 27.4 Å². The van der Waals surface area contributed by atoms with E-state index in [4.69, 9.17) is 0 Å². The van der Waals surface area contributed by atoms with Crippen molar-refractivity contribution in [2.24, 2.45) is 0 Å². The molecule has 0 saturated heterocycles. The normalized spacial score (nSPS) is 11.8. The maximum absolute atomic E-state index is 10.6. The quantitative estimate of drug-likeness (QED) is 0.144. The lowest BCUT2D eigenvalue weighted by molar-refractivity contribution is 1.18. The van der Waals surface area contributed by atoms with Gasteiger partial charge in [-0.05, 0) is 152 Å². The van der Waals surface area contributed by atoms with Crippen molar-refractivity contribution in [3.8, 4) is 85.7 Å². The van der Waals surface area contributed by atoms with Gasteiger partial charge in [-0.1, -0.05) is 303 Å². The van der Waals surface area contributed by atoms with Crippen molar-refractivity contribution in [2.75, 3.05) is 0 Å². The lowest BCUT2D eigenvalue weighted by Gasteiger charge is -2.16. The molecular weight excluding hydrogens is 1770 g/mol. The second kappa shape index (κ2) is 32.4. The minimum atomic E-state index is 0.643. The molecule has 0 radical (unpaired) electrons. The summed E-state index contributed by atoms with van der Waals surface area (Å²) in [6, 6.07) is 169. The van der Waals surface area contributed by atoms with Crippen molar-refractivity contribution >= 4 is 225 Å². The Morgan fingerprint density at radius 1 is 0.163 bits per heavy atom. The van der Waals surface area contributed by atoms with Crippen LogP contribution in [0.5, 0.6) is 0 Å². The number of hydrogen-bond acceptors (Lipinski definition) is 6. The molecule has 30 aromatic rings. The van der Waals surface area contributed by atoms with Crippen LogP contribution in [0.2, 0.25) is 0 Å². The number of benzene rings is 21. The van der Waals surface area contributed by atoms with Crippen molar-refractivity contribution in [3.63, 3.8) is 0 Å². The van der Waals surface area contributed by atoms with Gasteiger partial charge in [0, 0.05) is 176 Å². The lowest BCUT2D eigenvalue weighted by Crippen LogP contribution is -1.99. The van der Waals surface area contributed by atoms with Crippen LogP contribution in [0, 0.1) is 34.0 Å². The fraction of sp³-hybridized carbons (Fsp3) is 0. The largest absolute Gasteiger partial charge is 0.309 e. The van der Waals surface area contributed by atoms with Gasteiger partial charge >= 0.3 is 0 Å². The first-order valence-electron chi connectivity index (χ1n) is 47.3. The Morgan fingerprint density at radius 2 is 0.447 bits per heavy atom. The summed E-state index contributed by atoms with van der Waals surface area (Å²) in [6.45, 7) is 0. The first-order chi connectivity index (χ1) is 69.9. The third-order valence-electron chi connectivity index (χ3n) is 28.7. The van der Waals surface area contributed by atoms with Gasteiger partial charge in [0.25, 0.3) is 0 Å². The Hall–Kier alpha value is -18.5. The molecule has 141 heavy (non-hydrogen) atoms. The number of para-hydroxylation sites is 12. The zero-order valence-electron chi connectivity index (χ0n) is 75.6. The van der Waals surface area contributed by atoms with Gasteiger partial charge in [-0.25, -0.2) is 0 Å². The van der Waals surface area contributed by atoms with E-state index in [2.05, 4.69) is 470 Å². The number of hydrogen-bond donors (Lipinski definition) is 0. The van der Waals surface area contributed by atoms with Crippen molar-refractivity contribution in [1.29, 1.82) is 15.8 Å². The predicted octanol–water partition coefficient (Wildman–Crippen LogP) is 35.4. The molecule has 0 spiro atoms. The molecule has 0 fully saturated rings. The first-order valence-corrected chi connectivity index (χ1v) is 49.7. The molecule has 0 bridgehead atoms. The van der Waals surface area contributed by atoms with Crippen molar-refractivity contribution in [2.45, 2.75) is 0 Å². The van der Waals surface area contributed by atoms with E-state index in [1.165, 1.54) is 164 Å². The van der Waals surface area contributed by atoms with E-state index in [1.54, 1.807) is 0 Å². The van der Waals surface area contributed by atoms with Gasteiger partial charge < -0.3 is 27.4 Å². The summed E-state index contributed by atoms with van der Waals surface area (Å²) in [5.74, 6) is 0. The maximum Gasteiger partial charge on any atom is 0.0998 e. The molecule has 0 atom stereocenters. The molecule has 0 N–H and O–H groups in total. The Labute approximate surface area is 819 Å². The van der Waals surface area contributed by atoms with E-state index < -0.39 is 0 Å². The summed E-state index contributed by atoms with van der Waals surface area (Å²) >= 11 is 5.57. The van der Waals surface area contributed by atoms with Gasteiger partial charge in [0.2, 0.25) is 0 Å². The highest BCUT2D eigenvalue weighted by atomic mass is 32.1. The fourth-order valence-electron chi connectivity index (χ4n) is 22.8. The highest BCUT2D eigenvalue weighted by Crippen LogP contribution is 2.54. The highest BCUT2D eigenvalue weighted by molar-refractivity contribution is 7.28. The molecule has 30 rings (SSSR count). The second-order valence-corrected chi connectivity index (χ2v) is 39.1. The summed E-state index contributed by atoms with van der Waals surface area (Å²) in [5.41, 5.74) is 29.1. The van der Waals surface area contributed by atoms with Gasteiger partial charge in [0.05, 0.1) is 118 Å². The third kappa shape index (κ3) is 12.3. The Morgan fingerprint density at radius 3 is 0.816 bits per heavy atom. The molecule has 9 nitrogen and oxygen atoms in total. The lowest BCUT2D eigenvalue weighted by atomic mass is 9.96. The Kier molecular flexibility index (Phi) is 18.6. The minimum Gasteiger partial charge on any atom is -0.309 e. The van der Waals surface area contributed by atoms with Crippen LogP contribution in [-0.4, -0.2) is 27.4 Å². The SMILES string of the molecule is N#Cc1ccc(-c2cccc3c2sc2c3ccc3c2c2ccccc2n3-c2ccccc2)c(-n2c3ccccc3c3ccccc32)c1.N#Cc1ccc(-n2c3ccccc3c3ccccc32)c(-c2cccc3c2sc2c3ccc3c2c2ccccc2n3-c2ccccc2)c1.N#Cc1cccc(-n2c3ccccc3c3ccccc32)c1-c1cccc2c1sc1c2ccc2c1c1ccccc1n2-c1ccccc1. The number of aromatic nitrogens is 6. The summed E-state index contributed by atoms with van der Waals surface area (Å²) in [6.07, 6.45) is 0. The van der Waals surface area contributed by atoms with Crippen LogP contribution in [-0.2, 0) is 0 Å². The molecular formula is C129H75N9S3. The number of nitrogens with zero attached hydrogens (tertiary/aromatic N) is 9. The summed E-state index contributed by atoms with van der Waals surface area (Å²) in [7, 11) is 0. The van der Waals surface area contributed by atoms with E-state index in [-0.39, 0.29) is 0 Å². The topological polar surface area (TPSA) is 101 Å². The Bertz CT molecular complexity index is 10400. The summed E-state index contributed by atoms with van der Waals surface area (Å²) < 4.78 is 21.7. The van der Waals surface area contributed by atoms with E-state index in [1.807, 2.05) is 64.3 Å². The maximum atomic E-state index is 10.6. The molecule has 0 aliphatic carbocycles. The van der Waals surface area contributed by atoms with Crippen LogP contribution in [0.15, 0.2) is 455 Å². The predicted molar refractivity (Wildman–Crippen MR) is 594 cm³/mol. The molecule has 21 aromatic carbocycles. The molecule has 0 amide bonds. The summed E-state index contributed by atoms with van der Waals surface area (Å²) in [4.78, 5) is 0. The number of thiophene rings is 3. The van der Waals surface area contributed by atoms with E-state index >= 15 is 0 Å². The van der Waals surface area contributed by atoms with Crippen LogP contribution in [0.25, 0.3) is 259 Å². The second-order valence-electron chi connectivity index (χ2n) is 36.0. The van der Waals surface area contributed by atoms with Gasteiger partial charge in [-0.15, -0.1) is 34.0 Å². The van der Waals surface area contributed by atoms with Gasteiger partial charge in [0.1, 0.15) is 0 Å². The van der Waals surface area contributed by atoms with Crippen LogP contribution in [0.4, 0.5) is 0 Å². The molecule has 9 aromatic heterocycles. The first kappa shape index (κ1) is 81.0. The number of fused-ring (bicyclic) bond motifs is 30. The molecule has 654 valence electrons. The molecule has 9 heterocycles. The van der Waals surface area contributed by atoms with Crippen molar-refractivity contribution < 1.29 is 0 Å². The van der Waals surface area contributed by atoms with E-state index in [0.717, 1.165) is 95.0 Å². The summed E-state index contributed by atoms with van der Waals surface area (Å²) in [5, 5.41) is 52.9. The third-order valence-corrected chi connectivity index (χ3v) is 32.5. The number of nitriles is 3. The standard InChI is InChI=1S/3C43H25N3S/c44-26-27-12-10-23-38(46-35-20-7-4-15-29(35)30-16-5-8-21-36(30)46)40(27)34-19-11-18-31-32-24-25-39-41(43(32)47-42(31)34)33-17-6-9-22-37(33)45(39)28-13-2-1-3-14-28;44-26-27-21-23-39(46-36-18-7-4-13-29(36)30-14-5-8-19-37(30)46)35(25-27)32-17-10-16-31-33-22-24-40-41(43(33)47-42(31)32)34-15-6-9-20-38(34)45(40)28-11-2-1-3-12-28;44-26-27-21-22-31(40(25-27)46-36-18-7-4-13-29(36)30-14-5-8-19-37(30)46)32-16-10-17-33-34-23-24-39-41(43(34)47-42(32)33)35-15-6-9-20-38(35)45(39)28-11-2-1-3-12-28/h3*1-25H. The average molecular weight is 1850 g/mol. The highest BCUT2D eigenvalue weighted by Gasteiger charge is 2.29.